The van der Waals surface area contributed by atoms with E-state index in [4.69, 9.17) is 5.73 Å². The molecule has 1 saturated carbocycles. The van der Waals surface area contributed by atoms with E-state index < -0.39 is 5.82 Å². The number of halogens is 1. The standard InChI is InChI=1S/C14H19FN2O/c1-9(2)14(5-6-14)8-17-13(18)11-7-10(16)3-4-12(11)15/h3-4,7,9H,5-6,8,16H2,1-2H3,(H,17,18). The Balaban J connectivity index is 2.02. The van der Waals surface area contributed by atoms with E-state index in [-0.39, 0.29) is 16.9 Å². The lowest BCUT2D eigenvalue weighted by Crippen LogP contribution is -2.33. The van der Waals surface area contributed by atoms with E-state index in [1.807, 2.05) is 0 Å². The number of rotatable bonds is 4. The van der Waals surface area contributed by atoms with Crippen molar-refractivity contribution in [2.24, 2.45) is 11.3 Å². The minimum Gasteiger partial charge on any atom is -0.399 e. The molecule has 0 aromatic heterocycles. The van der Waals surface area contributed by atoms with Gasteiger partial charge in [-0.2, -0.15) is 0 Å². The molecule has 98 valence electrons. The average Bonchev–Trinajstić information content (AvgIpc) is 3.10. The summed E-state index contributed by atoms with van der Waals surface area (Å²) in [7, 11) is 0. The Bertz CT molecular complexity index is 467. The number of nitrogens with one attached hydrogen (secondary N) is 1. The summed E-state index contributed by atoms with van der Waals surface area (Å²) in [4.78, 5) is 11.9. The number of hydrogen-bond donors (Lipinski definition) is 2. The molecule has 0 saturated heterocycles. The van der Waals surface area contributed by atoms with Crippen LogP contribution in [0.4, 0.5) is 10.1 Å². The Morgan fingerprint density at radius 3 is 2.72 bits per heavy atom. The first-order valence-electron chi connectivity index (χ1n) is 6.28. The molecule has 2 rings (SSSR count). The first-order chi connectivity index (χ1) is 8.44. The molecule has 1 aromatic carbocycles. The third-order valence-electron chi connectivity index (χ3n) is 3.95. The first-order valence-corrected chi connectivity index (χ1v) is 6.28. The minimum absolute atomic E-state index is 0.0227. The van der Waals surface area contributed by atoms with Crippen LogP contribution in [0.2, 0.25) is 0 Å². The number of amides is 1. The number of carbonyl (C=O) groups is 1. The van der Waals surface area contributed by atoms with Gasteiger partial charge in [0, 0.05) is 12.2 Å². The van der Waals surface area contributed by atoms with Crippen LogP contribution in [0.1, 0.15) is 37.0 Å². The molecule has 1 aromatic rings. The lowest BCUT2D eigenvalue weighted by atomic mass is 9.92. The lowest BCUT2D eigenvalue weighted by Gasteiger charge is -2.20. The van der Waals surface area contributed by atoms with Gasteiger partial charge in [-0.25, -0.2) is 4.39 Å². The summed E-state index contributed by atoms with van der Waals surface area (Å²) in [6.07, 6.45) is 2.26. The van der Waals surface area contributed by atoms with Crippen LogP contribution in [-0.2, 0) is 0 Å². The van der Waals surface area contributed by atoms with Crippen molar-refractivity contribution in [3.8, 4) is 0 Å². The second-order valence-corrected chi connectivity index (χ2v) is 5.44. The van der Waals surface area contributed by atoms with Gasteiger partial charge in [-0.3, -0.25) is 4.79 Å². The Hall–Kier alpha value is -1.58. The highest BCUT2D eigenvalue weighted by atomic mass is 19.1. The third-order valence-corrected chi connectivity index (χ3v) is 3.95. The molecule has 0 bridgehead atoms. The molecule has 0 unspecified atom stereocenters. The molecule has 0 radical (unpaired) electrons. The number of benzene rings is 1. The molecular weight excluding hydrogens is 231 g/mol. The van der Waals surface area contributed by atoms with Crippen LogP contribution in [0.25, 0.3) is 0 Å². The van der Waals surface area contributed by atoms with Gasteiger partial charge in [-0.05, 0) is 42.4 Å². The third kappa shape index (κ3) is 2.47. The molecule has 1 aliphatic carbocycles. The molecule has 4 heteroatoms. The lowest BCUT2D eigenvalue weighted by molar-refractivity contribution is 0.0936. The molecule has 3 N–H and O–H groups in total. The fourth-order valence-corrected chi connectivity index (χ4v) is 2.19. The van der Waals surface area contributed by atoms with Crippen molar-refractivity contribution in [3.05, 3.63) is 29.6 Å². The van der Waals surface area contributed by atoms with Gasteiger partial charge in [0.25, 0.3) is 5.91 Å². The summed E-state index contributed by atoms with van der Waals surface area (Å²) in [6.45, 7) is 4.91. The van der Waals surface area contributed by atoms with Gasteiger partial charge in [0.05, 0.1) is 5.56 Å². The van der Waals surface area contributed by atoms with Gasteiger partial charge in [-0.1, -0.05) is 13.8 Å². The predicted molar refractivity (Wildman–Crippen MR) is 69.7 cm³/mol. The van der Waals surface area contributed by atoms with Crippen molar-refractivity contribution in [1.29, 1.82) is 0 Å². The van der Waals surface area contributed by atoms with Gasteiger partial charge in [-0.15, -0.1) is 0 Å². The van der Waals surface area contributed by atoms with Crippen LogP contribution in [0.15, 0.2) is 18.2 Å². The van der Waals surface area contributed by atoms with E-state index in [9.17, 15) is 9.18 Å². The Kier molecular flexibility index (Phi) is 3.28. The molecule has 0 aliphatic heterocycles. The second kappa shape index (κ2) is 4.59. The van der Waals surface area contributed by atoms with E-state index >= 15 is 0 Å². The van der Waals surface area contributed by atoms with E-state index in [1.54, 1.807) is 0 Å². The molecule has 3 nitrogen and oxygen atoms in total. The van der Waals surface area contributed by atoms with Crippen LogP contribution in [-0.4, -0.2) is 12.5 Å². The second-order valence-electron chi connectivity index (χ2n) is 5.44. The largest absolute Gasteiger partial charge is 0.399 e. The highest BCUT2D eigenvalue weighted by Crippen LogP contribution is 2.51. The summed E-state index contributed by atoms with van der Waals surface area (Å²) in [5, 5.41) is 2.82. The fourth-order valence-electron chi connectivity index (χ4n) is 2.19. The molecule has 18 heavy (non-hydrogen) atoms. The average molecular weight is 250 g/mol. The highest BCUT2D eigenvalue weighted by molar-refractivity contribution is 5.95. The Morgan fingerprint density at radius 2 is 2.17 bits per heavy atom. The molecule has 1 fully saturated rings. The van der Waals surface area contributed by atoms with Gasteiger partial charge >= 0.3 is 0 Å². The first kappa shape index (κ1) is 12.9. The number of hydrogen-bond acceptors (Lipinski definition) is 2. The molecule has 0 spiro atoms. The number of nitrogen functional groups attached to an aromatic ring is 1. The number of nitrogens with two attached hydrogens (primary N) is 1. The molecular formula is C14H19FN2O. The highest BCUT2D eigenvalue weighted by Gasteiger charge is 2.45. The van der Waals surface area contributed by atoms with Gasteiger partial charge in [0.15, 0.2) is 0 Å². The zero-order chi connectivity index (χ0) is 13.3. The van der Waals surface area contributed by atoms with Crippen LogP contribution >= 0.6 is 0 Å². The molecule has 0 heterocycles. The van der Waals surface area contributed by atoms with Gasteiger partial charge < -0.3 is 11.1 Å². The maximum Gasteiger partial charge on any atom is 0.254 e. The van der Waals surface area contributed by atoms with Crippen molar-refractivity contribution in [2.75, 3.05) is 12.3 Å². The van der Waals surface area contributed by atoms with Crippen molar-refractivity contribution in [2.45, 2.75) is 26.7 Å². The van der Waals surface area contributed by atoms with Crippen LogP contribution in [0, 0.1) is 17.2 Å². The SMILES string of the molecule is CC(C)C1(CNC(=O)c2cc(N)ccc2F)CC1. The number of anilines is 1. The smallest absolute Gasteiger partial charge is 0.254 e. The summed E-state index contributed by atoms with van der Waals surface area (Å²) >= 11 is 0. The van der Waals surface area contributed by atoms with Crippen LogP contribution < -0.4 is 11.1 Å². The van der Waals surface area contributed by atoms with E-state index in [2.05, 4.69) is 19.2 Å². The summed E-state index contributed by atoms with van der Waals surface area (Å²) in [5.41, 5.74) is 6.19. The van der Waals surface area contributed by atoms with E-state index in [0.717, 1.165) is 12.8 Å². The maximum absolute atomic E-state index is 13.5. The number of carbonyl (C=O) groups excluding carboxylic acids is 1. The van der Waals surface area contributed by atoms with Gasteiger partial charge in [0.2, 0.25) is 0 Å². The van der Waals surface area contributed by atoms with Gasteiger partial charge in [0.1, 0.15) is 5.82 Å². The minimum atomic E-state index is -0.531. The quantitative estimate of drug-likeness (QED) is 0.807. The van der Waals surface area contributed by atoms with Crippen LogP contribution in [0.5, 0.6) is 0 Å². The van der Waals surface area contributed by atoms with Crippen molar-refractivity contribution >= 4 is 11.6 Å². The summed E-state index contributed by atoms with van der Waals surface area (Å²) in [6, 6.07) is 4.04. The topological polar surface area (TPSA) is 55.1 Å². The molecule has 1 amide bonds. The summed E-state index contributed by atoms with van der Waals surface area (Å²) < 4.78 is 13.5. The normalized spacial score (nSPS) is 16.7. The monoisotopic (exact) mass is 250 g/mol. The van der Waals surface area contributed by atoms with Crippen molar-refractivity contribution < 1.29 is 9.18 Å². The van der Waals surface area contributed by atoms with E-state index in [1.165, 1.54) is 18.2 Å². The zero-order valence-electron chi connectivity index (χ0n) is 10.8. The molecule has 1 aliphatic rings. The zero-order valence-corrected chi connectivity index (χ0v) is 10.8. The molecule has 0 atom stereocenters. The Morgan fingerprint density at radius 1 is 1.50 bits per heavy atom. The van der Waals surface area contributed by atoms with Crippen molar-refractivity contribution in [3.63, 3.8) is 0 Å². The van der Waals surface area contributed by atoms with E-state index in [0.29, 0.717) is 18.2 Å². The summed E-state index contributed by atoms with van der Waals surface area (Å²) in [5.74, 6) is -0.383. The Labute approximate surface area is 107 Å². The maximum atomic E-state index is 13.5. The van der Waals surface area contributed by atoms with Crippen LogP contribution in [0.3, 0.4) is 0 Å². The fraction of sp³-hybridized carbons (Fsp3) is 0.500. The van der Waals surface area contributed by atoms with Crippen molar-refractivity contribution in [1.82, 2.24) is 5.32 Å². The predicted octanol–water partition coefficient (Wildman–Crippen LogP) is 2.57.